The van der Waals surface area contributed by atoms with E-state index < -0.39 is 96.6 Å². The molecular weight excluding hydrogens is 780 g/mol. The lowest BCUT2D eigenvalue weighted by Gasteiger charge is -2.28. The summed E-state index contributed by atoms with van der Waals surface area (Å²) in [5.41, 5.74) is 8.41. The number of para-hydroxylation sites is 1. The molecule has 0 spiro atoms. The molecule has 20 heteroatoms. The minimum atomic E-state index is -1.65. The average molecular weight is 837 g/mol. The lowest BCUT2D eigenvalue weighted by atomic mass is 9.97. The van der Waals surface area contributed by atoms with Crippen LogP contribution < -0.4 is 32.3 Å². The van der Waals surface area contributed by atoms with Crippen molar-refractivity contribution in [3.8, 4) is 0 Å². The second-order valence-corrected chi connectivity index (χ2v) is 15.5. The number of fused-ring (bicyclic) bond motifs is 1. The molecule has 1 saturated heterocycles. The van der Waals surface area contributed by atoms with E-state index >= 15 is 0 Å². The number of amides is 6. The van der Waals surface area contributed by atoms with Crippen LogP contribution in [0.4, 0.5) is 0 Å². The third-order valence-corrected chi connectivity index (χ3v) is 10.5. The molecule has 1 aliphatic rings. The van der Waals surface area contributed by atoms with E-state index in [2.05, 4.69) is 41.5 Å². The van der Waals surface area contributed by atoms with Crippen LogP contribution in [0.2, 0.25) is 0 Å². The fourth-order valence-electron chi connectivity index (χ4n) is 7.05. The van der Waals surface area contributed by atoms with Crippen LogP contribution in [0.25, 0.3) is 10.9 Å². The molecule has 0 aliphatic carbocycles. The van der Waals surface area contributed by atoms with E-state index in [4.69, 9.17) is 5.73 Å². The van der Waals surface area contributed by atoms with Crippen LogP contribution in [-0.2, 0) is 51.2 Å². The molecule has 7 atom stereocenters. The number of nitrogens with one attached hydrogen (secondary N) is 7. The Morgan fingerprint density at radius 3 is 2.23 bits per heavy atom. The van der Waals surface area contributed by atoms with E-state index in [0.29, 0.717) is 18.5 Å². The van der Waals surface area contributed by atoms with Crippen molar-refractivity contribution in [2.45, 2.75) is 109 Å². The van der Waals surface area contributed by atoms with Crippen molar-refractivity contribution in [2.24, 2.45) is 17.6 Å². The highest BCUT2D eigenvalue weighted by Gasteiger charge is 2.39. The molecule has 2 aromatic heterocycles. The molecule has 3 heterocycles. The van der Waals surface area contributed by atoms with Crippen LogP contribution in [0.15, 0.2) is 43.0 Å². The molecule has 0 radical (unpaired) electrons. The molecule has 6 amide bonds. The van der Waals surface area contributed by atoms with Gasteiger partial charge in [-0.15, -0.1) is 0 Å². The number of H-pyrrole nitrogens is 2. The summed E-state index contributed by atoms with van der Waals surface area (Å²) in [6.07, 6.45) is 4.86. The minimum Gasteiger partial charge on any atom is -0.481 e. The second-order valence-electron chi connectivity index (χ2n) is 15.5. The van der Waals surface area contributed by atoms with Gasteiger partial charge in [0.1, 0.15) is 30.2 Å². The third kappa shape index (κ3) is 12.8. The Morgan fingerprint density at radius 2 is 1.58 bits per heavy atom. The molecule has 60 heavy (non-hydrogen) atoms. The van der Waals surface area contributed by atoms with E-state index in [-0.39, 0.29) is 44.1 Å². The molecule has 20 nitrogen and oxygen atoms in total. The maximum absolute atomic E-state index is 13.8. The maximum atomic E-state index is 13.8. The Bertz CT molecular complexity index is 2000. The van der Waals surface area contributed by atoms with Gasteiger partial charge in [0.2, 0.25) is 35.4 Å². The molecule has 1 aromatic carbocycles. The van der Waals surface area contributed by atoms with Crippen molar-refractivity contribution in [1.82, 2.24) is 46.4 Å². The fraction of sp³-hybridized carbons (Fsp3) is 0.525. The van der Waals surface area contributed by atoms with Gasteiger partial charge in [-0.1, -0.05) is 52.3 Å². The number of carbonyl (C=O) groups excluding carboxylic acids is 6. The van der Waals surface area contributed by atoms with E-state index in [1.165, 1.54) is 12.5 Å². The summed E-state index contributed by atoms with van der Waals surface area (Å²) in [7, 11) is 0. The molecular formula is C40H56N10O10. The summed E-state index contributed by atoms with van der Waals surface area (Å²) >= 11 is 0. The van der Waals surface area contributed by atoms with Gasteiger partial charge >= 0.3 is 11.9 Å². The van der Waals surface area contributed by atoms with Crippen LogP contribution in [0.3, 0.4) is 0 Å². The van der Waals surface area contributed by atoms with Crippen LogP contribution in [0.5, 0.6) is 0 Å². The zero-order valence-corrected chi connectivity index (χ0v) is 34.2. The molecule has 1 fully saturated rings. The third-order valence-electron chi connectivity index (χ3n) is 10.5. The Hall–Kier alpha value is -6.31. The zero-order chi connectivity index (χ0) is 44.1. The molecule has 0 bridgehead atoms. The smallest absolute Gasteiger partial charge is 0.326 e. The lowest BCUT2D eigenvalue weighted by molar-refractivity contribution is -0.150. The highest BCUT2D eigenvalue weighted by molar-refractivity contribution is 5.97. The fourth-order valence-corrected chi connectivity index (χ4v) is 7.05. The number of aliphatic carboxylic acids is 2. The Morgan fingerprint density at radius 1 is 0.883 bits per heavy atom. The number of aromatic nitrogens is 3. The highest BCUT2D eigenvalue weighted by Crippen LogP contribution is 2.21. The van der Waals surface area contributed by atoms with Gasteiger partial charge in [-0.2, -0.15) is 0 Å². The summed E-state index contributed by atoms with van der Waals surface area (Å²) < 4.78 is 0. The number of nitrogens with zero attached hydrogens (tertiary/aromatic N) is 2. The first-order valence-electron chi connectivity index (χ1n) is 20.0. The normalized spacial score (nSPS) is 16.8. The average Bonchev–Trinajstić information content (AvgIpc) is 3.99. The van der Waals surface area contributed by atoms with Crippen LogP contribution in [0.1, 0.15) is 71.1 Å². The monoisotopic (exact) mass is 836 g/mol. The van der Waals surface area contributed by atoms with Crippen molar-refractivity contribution in [3.63, 3.8) is 0 Å². The highest BCUT2D eigenvalue weighted by atomic mass is 16.4. The summed E-state index contributed by atoms with van der Waals surface area (Å²) in [6.45, 7) is 6.72. The van der Waals surface area contributed by atoms with Gasteiger partial charge in [0.25, 0.3) is 0 Å². The molecule has 3 aromatic rings. The topological polar surface area (TPSA) is 311 Å². The SMILES string of the molecule is CC[C@H](C)[C@H](NC(=O)[C@@H](N)Cc1c[nH]c2ccccc12)C(=O)NCC(=O)N[C@@H](CC(C)C)C(=O)N[C@@H](Cc1cnc[nH]1)C(=O)N[C@@H](CC(=O)O)C(=O)N1CCC[C@H]1C(=O)O. The number of carboxylic acids is 2. The van der Waals surface area contributed by atoms with Gasteiger partial charge in [-0.05, 0) is 49.1 Å². The number of hydrogen-bond acceptors (Lipinski definition) is 10. The number of benzene rings is 1. The van der Waals surface area contributed by atoms with Crippen molar-refractivity contribution in [3.05, 3.63) is 54.2 Å². The maximum Gasteiger partial charge on any atom is 0.326 e. The van der Waals surface area contributed by atoms with Gasteiger partial charge in [0, 0.05) is 42.0 Å². The number of imidazole rings is 1. The van der Waals surface area contributed by atoms with E-state index in [9.17, 15) is 48.6 Å². The standard InChI is InChI=1S/C40H56N10O10/c1-5-22(4)34(49-35(54)26(41)14-23-17-43-27-10-7-6-9-25(23)27)38(57)44-19-32(51)46-28(13-21(2)3)36(55)47-29(15-24-18-42-20-45-24)37(56)48-30(16-33(52)53)39(58)50-12-8-11-31(50)40(59)60/h6-7,9-10,17-18,20-22,26,28-31,34,43H,5,8,11-16,19,41H2,1-4H3,(H,42,45)(H,44,57)(H,46,51)(H,47,55)(H,48,56)(H,49,54)(H,52,53)(H,59,60)/t22-,26-,28-,29-,30-,31-,34-/m0/s1. The van der Waals surface area contributed by atoms with Crippen LogP contribution in [0, 0.1) is 11.8 Å². The molecule has 0 saturated carbocycles. The first kappa shape index (κ1) is 46.4. The van der Waals surface area contributed by atoms with Crippen molar-refractivity contribution in [1.29, 1.82) is 0 Å². The number of rotatable bonds is 22. The number of aromatic amines is 2. The van der Waals surface area contributed by atoms with Crippen molar-refractivity contribution >= 4 is 58.3 Å². The Balaban J connectivity index is 1.41. The number of likely N-dealkylation sites (tertiary alicyclic amines) is 1. The van der Waals surface area contributed by atoms with Crippen molar-refractivity contribution < 1.29 is 48.6 Å². The second kappa shape index (κ2) is 21.6. The van der Waals surface area contributed by atoms with Crippen LogP contribution >= 0.6 is 0 Å². The predicted octanol–water partition coefficient (Wildman–Crippen LogP) is -0.299. The van der Waals surface area contributed by atoms with Gasteiger partial charge < -0.3 is 57.4 Å². The zero-order valence-electron chi connectivity index (χ0n) is 34.2. The first-order chi connectivity index (χ1) is 28.5. The van der Waals surface area contributed by atoms with E-state index in [0.717, 1.165) is 21.4 Å². The quantitative estimate of drug-likeness (QED) is 0.0624. The lowest BCUT2D eigenvalue weighted by Crippen LogP contribution is -2.59. The number of hydrogen-bond donors (Lipinski definition) is 10. The minimum absolute atomic E-state index is 0.0563. The predicted molar refractivity (Wildman–Crippen MR) is 217 cm³/mol. The van der Waals surface area contributed by atoms with E-state index in [1.807, 2.05) is 31.2 Å². The largest absolute Gasteiger partial charge is 0.481 e. The van der Waals surface area contributed by atoms with E-state index in [1.54, 1.807) is 27.0 Å². The number of carbonyl (C=O) groups is 8. The molecule has 0 unspecified atom stereocenters. The summed E-state index contributed by atoms with van der Waals surface area (Å²) in [5, 5.41) is 32.9. The number of carboxylic acid groups (broad SMARTS) is 2. The van der Waals surface area contributed by atoms with Gasteiger partial charge in [0.05, 0.1) is 25.3 Å². The van der Waals surface area contributed by atoms with Gasteiger partial charge in [-0.3, -0.25) is 33.6 Å². The van der Waals surface area contributed by atoms with Crippen molar-refractivity contribution in [2.75, 3.05) is 13.1 Å². The van der Waals surface area contributed by atoms with Gasteiger partial charge in [0.15, 0.2) is 0 Å². The molecule has 1 aliphatic heterocycles. The number of nitrogens with two attached hydrogens (primary N) is 1. The molecule has 4 rings (SSSR count). The summed E-state index contributed by atoms with van der Waals surface area (Å²) in [6, 6.07) is 0.126. The first-order valence-corrected chi connectivity index (χ1v) is 20.0. The Labute approximate surface area is 346 Å². The van der Waals surface area contributed by atoms with Crippen LogP contribution in [-0.4, -0.2) is 127 Å². The van der Waals surface area contributed by atoms with Gasteiger partial charge in [-0.25, -0.2) is 9.78 Å². The Kier molecular flexibility index (Phi) is 16.7. The summed E-state index contributed by atoms with van der Waals surface area (Å²) in [4.78, 5) is 115. The molecule has 11 N–H and O–H groups in total. The summed E-state index contributed by atoms with van der Waals surface area (Å²) in [5.74, 6) is -7.72. The molecule has 326 valence electrons.